The van der Waals surface area contributed by atoms with Crippen LogP contribution in [0.4, 0.5) is 4.79 Å². The van der Waals surface area contributed by atoms with E-state index in [-0.39, 0.29) is 26.0 Å². The van der Waals surface area contributed by atoms with Gasteiger partial charge in [0.2, 0.25) is 17.6 Å². The third-order valence-corrected chi connectivity index (χ3v) is 6.42. The molecule has 0 aromatic carbocycles. The van der Waals surface area contributed by atoms with Crippen LogP contribution in [0.1, 0.15) is 53.4 Å². The second-order valence-corrected chi connectivity index (χ2v) is 10.2. The summed E-state index contributed by atoms with van der Waals surface area (Å²) < 4.78 is 4.89. The fourth-order valence-electron chi connectivity index (χ4n) is 4.17. The number of carboxylic acids is 1. The van der Waals surface area contributed by atoms with Crippen LogP contribution in [0, 0.1) is 5.92 Å². The van der Waals surface area contributed by atoms with Crippen LogP contribution in [-0.4, -0.2) is 113 Å². The molecule has 0 saturated carbocycles. The molecule has 0 aromatic heterocycles. The van der Waals surface area contributed by atoms with E-state index in [1.165, 1.54) is 6.08 Å². The average Bonchev–Trinajstić information content (AvgIpc) is 3.27. The first-order chi connectivity index (χ1) is 20.2. The van der Waals surface area contributed by atoms with Crippen molar-refractivity contribution in [3.05, 3.63) is 12.7 Å². The number of nitrogens with two attached hydrogens (primary N) is 1. The number of aliphatic carboxylic acids is 1. The first kappa shape index (κ1) is 36.7. The molecule has 4 atom stereocenters. The summed E-state index contributed by atoms with van der Waals surface area (Å²) in [4.78, 5) is 103. The van der Waals surface area contributed by atoms with Gasteiger partial charge in [-0.25, -0.2) is 9.69 Å². The standard InChI is InChI=1S/C27H42N6O10/c1-6-9-17(22(37)25(40)29-12-7-2)30-24(39)18-13-32(14-20(36)43-8-3)27(42)33(18)26(41)21(15(4)5)31-23(38)16(28)10-11-19(34)35/h7,15-18,21H,2,6,8-14,28H2,1,3-5H3,(H,29,40)(H,30,39)(H,31,38)(H,34,35). The predicted octanol–water partition coefficient (Wildman–Crippen LogP) is -1.33. The Morgan fingerprint density at radius 2 is 1.77 bits per heavy atom. The van der Waals surface area contributed by atoms with Crippen LogP contribution in [-0.2, 0) is 38.3 Å². The highest BCUT2D eigenvalue weighted by Crippen LogP contribution is 2.21. The van der Waals surface area contributed by atoms with Crippen LogP contribution < -0.4 is 21.7 Å². The van der Waals surface area contributed by atoms with Gasteiger partial charge < -0.3 is 36.4 Å². The Labute approximate surface area is 249 Å². The van der Waals surface area contributed by atoms with Gasteiger partial charge >= 0.3 is 18.0 Å². The number of esters is 1. The lowest BCUT2D eigenvalue weighted by atomic mass is 10.0. The molecule has 1 fully saturated rings. The SMILES string of the molecule is C=CCNC(=O)C(=O)C(CCC)NC(=O)C1CN(CC(=O)OCC)C(=O)N1C(=O)C(NC(=O)C(N)CCC(=O)O)C(C)C. The third kappa shape index (κ3) is 10.8. The fourth-order valence-corrected chi connectivity index (χ4v) is 4.17. The van der Waals surface area contributed by atoms with Crippen LogP contribution in [0.15, 0.2) is 12.7 Å². The van der Waals surface area contributed by atoms with Gasteiger partial charge in [-0.3, -0.25) is 33.6 Å². The number of carbonyl (C=O) groups is 8. The van der Waals surface area contributed by atoms with Gasteiger partial charge in [-0.05, 0) is 25.7 Å². The summed E-state index contributed by atoms with van der Waals surface area (Å²) >= 11 is 0. The monoisotopic (exact) mass is 610 g/mol. The molecule has 1 rings (SSSR count). The summed E-state index contributed by atoms with van der Waals surface area (Å²) in [6.07, 6.45) is 1.23. The third-order valence-electron chi connectivity index (χ3n) is 6.42. The van der Waals surface area contributed by atoms with E-state index >= 15 is 0 Å². The van der Waals surface area contributed by atoms with Crippen molar-refractivity contribution in [2.24, 2.45) is 11.7 Å². The van der Waals surface area contributed by atoms with Crippen molar-refractivity contribution in [3.8, 4) is 0 Å². The topological polar surface area (TPSA) is 235 Å². The van der Waals surface area contributed by atoms with E-state index in [0.29, 0.717) is 11.3 Å². The van der Waals surface area contributed by atoms with Crippen molar-refractivity contribution in [1.29, 1.82) is 0 Å². The molecule has 0 aromatic rings. The second kappa shape index (κ2) is 17.6. The van der Waals surface area contributed by atoms with Crippen molar-refractivity contribution in [2.45, 2.75) is 77.5 Å². The minimum absolute atomic E-state index is 0.0157. The number of hydrogen-bond acceptors (Lipinski definition) is 10. The number of imide groups is 1. The Morgan fingerprint density at radius 1 is 1.12 bits per heavy atom. The van der Waals surface area contributed by atoms with Crippen LogP contribution in [0.5, 0.6) is 0 Å². The normalized spacial score (nSPS) is 16.6. The van der Waals surface area contributed by atoms with E-state index in [4.69, 9.17) is 15.6 Å². The van der Waals surface area contributed by atoms with Gasteiger partial charge in [0.1, 0.15) is 18.6 Å². The smallest absolute Gasteiger partial charge is 0.328 e. The summed E-state index contributed by atoms with van der Waals surface area (Å²) in [6, 6.07) is -6.48. The number of carbonyl (C=O) groups excluding carboxylic acids is 7. The van der Waals surface area contributed by atoms with Crippen molar-refractivity contribution in [3.63, 3.8) is 0 Å². The van der Waals surface area contributed by atoms with Gasteiger partial charge in [0.05, 0.1) is 25.2 Å². The van der Waals surface area contributed by atoms with E-state index in [1.54, 1.807) is 27.7 Å². The van der Waals surface area contributed by atoms with Crippen molar-refractivity contribution >= 4 is 47.4 Å². The minimum atomic E-state index is -1.54. The Hall–Kier alpha value is -4.34. The molecule has 0 radical (unpaired) electrons. The van der Waals surface area contributed by atoms with Crippen LogP contribution in [0.2, 0.25) is 0 Å². The molecule has 16 nitrogen and oxygen atoms in total. The highest BCUT2D eigenvalue weighted by atomic mass is 16.5. The zero-order chi connectivity index (χ0) is 32.9. The molecule has 0 spiro atoms. The van der Waals surface area contributed by atoms with E-state index in [0.717, 1.165) is 4.90 Å². The Bertz CT molecular complexity index is 1090. The van der Waals surface area contributed by atoms with Crippen molar-refractivity contribution in [1.82, 2.24) is 25.8 Å². The zero-order valence-corrected chi connectivity index (χ0v) is 24.9. The number of urea groups is 1. The highest BCUT2D eigenvalue weighted by molar-refractivity contribution is 6.38. The number of ketones is 1. The largest absolute Gasteiger partial charge is 0.481 e. The summed E-state index contributed by atoms with van der Waals surface area (Å²) in [6.45, 7) is 8.88. The van der Waals surface area contributed by atoms with Crippen LogP contribution in [0.3, 0.4) is 0 Å². The van der Waals surface area contributed by atoms with Gasteiger partial charge in [0, 0.05) is 13.0 Å². The maximum Gasteiger partial charge on any atom is 0.328 e. The van der Waals surface area contributed by atoms with Gasteiger partial charge in [-0.1, -0.05) is 33.3 Å². The Balaban J connectivity index is 3.35. The lowest BCUT2D eigenvalue weighted by Gasteiger charge is -2.29. The van der Waals surface area contributed by atoms with Crippen molar-refractivity contribution in [2.75, 3.05) is 26.2 Å². The maximum atomic E-state index is 13.8. The lowest BCUT2D eigenvalue weighted by Crippen LogP contribution is -2.59. The zero-order valence-electron chi connectivity index (χ0n) is 24.9. The number of hydrogen-bond donors (Lipinski definition) is 5. The molecule has 1 aliphatic heterocycles. The first-order valence-corrected chi connectivity index (χ1v) is 14.0. The quantitative estimate of drug-likeness (QED) is 0.0693. The van der Waals surface area contributed by atoms with Crippen molar-refractivity contribution < 1.29 is 48.2 Å². The molecule has 0 aliphatic carbocycles. The number of ether oxygens (including phenoxy) is 1. The number of nitrogens with zero attached hydrogens (tertiary/aromatic N) is 2. The predicted molar refractivity (Wildman–Crippen MR) is 151 cm³/mol. The molecule has 240 valence electrons. The number of nitrogens with one attached hydrogen (secondary N) is 3. The fraction of sp³-hybridized carbons (Fsp3) is 0.630. The number of Topliss-reactive ketones (excluding diaryl/α,β-unsaturated/α-hetero) is 1. The molecule has 1 saturated heterocycles. The van der Waals surface area contributed by atoms with Crippen LogP contribution in [0.25, 0.3) is 0 Å². The van der Waals surface area contributed by atoms with E-state index < -0.39 is 97.0 Å². The Kier molecular flexibility index (Phi) is 15.0. The summed E-state index contributed by atoms with van der Waals surface area (Å²) in [5.41, 5.74) is 5.78. The molecule has 6 N–H and O–H groups in total. The molecule has 1 aliphatic rings. The van der Waals surface area contributed by atoms with Gasteiger partial charge in [-0.2, -0.15) is 0 Å². The molecule has 1 heterocycles. The van der Waals surface area contributed by atoms with Gasteiger partial charge in [-0.15, -0.1) is 6.58 Å². The molecule has 4 unspecified atom stereocenters. The molecule has 43 heavy (non-hydrogen) atoms. The first-order valence-electron chi connectivity index (χ1n) is 14.0. The summed E-state index contributed by atoms with van der Waals surface area (Å²) in [7, 11) is 0. The molecular formula is C27H42N6O10. The number of rotatable bonds is 18. The molecule has 0 bridgehead atoms. The highest BCUT2D eigenvalue weighted by Gasteiger charge is 2.49. The second-order valence-electron chi connectivity index (χ2n) is 10.2. The van der Waals surface area contributed by atoms with Crippen LogP contribution >= 0.6 is 0 Å². The maximum absolute atomic E-state index is 13.8. The molecule has 16 heteroatoms. The average molecular weight is 611 g/mol. The van der Waals surface area contributed by atoms with E-state index in [2.05, 4.69) is 22.5 Å². The summed E-state index contributed by atoms with van der Waals surface area (Å²) in [5, 5.41) is 16.1. The van der Waals surface area contributed by atoms with E-state index in [1.807, 2.05) is 0 Å². The summed E-state index contributed by atoms with van der Waals surface area (Å²) in [5.74, 6) is -7.26. The minimum Gasteiger partial charge on any atom is -0.481 e. The Morgan fingerprint density at radius 3 is 2.30 bits per heavy atom. The number of carboxylic acid groups (broad SMARTS) is 1. The van der Waals surface area contributed by atoms with Gasteiger partial charge in [0.25, 0.3) is 11.8 Å². The molecule has 6 amide bonds. The molecular weight excluding hydrogens is 568 g/mol. The van der Waals surface area contributed by atoms with Gasteiger partial charge in [0.15, 0.2) is 0 Å². The van der Waals surface area contributed by atoms with E-state index in [9.17, 15) is 38.4 Å². The lowest BCUT2D eigenvalue weighted by molar-refractivity contribution is -0.144. The number of amides is 6.